The van der Waals surface area contributed by atoms with Crippen LogP contribution in [-0.4, -0.2) is 17.9 Å². The third kappa shape index (κ3) is 13.3. The van der Waals surface area contributed by atoms with Crippen molar-refractivity contribution in [2.24, 2.45) is 10.7 Å². The summed E-state index contributed by atoms with van der Waals surface area (Å²) < 4.78 is 5.48. The molecule has 0 amide bonds. The van der Waals surface area contributed by atoms with Gasteiger partial charge in [-0.25, -0.2) is 4.89 Å². The maximum Gasteiger partial charge on any atom is 0.287 e. The van der Waals surface area contributed by atoms with Crippen LogP contribution in [0.5, 0.6) is 0 Å². The van der Waals surface area contributed by atoms with E-state index >= 15 is 0 Å². The van der Waals surface area contributed by atoms with E-state index in [1.54, 1.807) is 0 Å². The van der Waals surface area contributed by atoms with Crippen molar-refractivity contribution in [2.45, 2.75) is 90.6 Å². The maximum absolute atomic E-state index is 8.42. The van der Waals surface area contributed by atoms with Crippen LogP contribution in [0.2, 0.25) is 0 Å². The number of benzene rings is 1. The standard InChI is InChI=1S/C22H38N2O3/c1-2-3-4-5-6-7-8-9-10-11-12-13-18-26-22(23)24-21-16-14-20(15-17-21)19-27-25/h14-17,25H,2-13,18-19H2,1H3,(H2,23,24). The highest BCUT2D eigenvalue weighted by Gasteiger charge is 1.98. The van der Waals surface area contributed by atoms with Gasteiger partial charge in [-0.15, -0.1) is 0 Å². The lowest BCUT2D eigenvalue weighted by atomic mass is 10.1. The molecular formula is C22H38N2O3. The molecule has 5 nitrogen and oxygen atoms in total. The van der Waals surface area contributed by atoms with Crippen LogP contribution >= 0.6 is 0 Å². The molecule has 1 aromatic carbocycles. The zero-order chi connectivity index (χ0) is 19.6. The maximum atomic E-state index is 8.42. The van der Waals surface area contributed by atoms with Gasteiger partial charge in [0.1, 0.15) is 6.61 Å². The molecule has 0 saturated carbocycles. The van der Waals surface area contributed by atoms with E-state index in [1.165, 1.54) is 70.6 Å². The summed E-state index contributed by atoms with van der Waals surface area (Å²) >= 11 is 0. The number of rotatable bonds is 16. The van der Waals surface area contributed by atoms with E-state index in [0.717, 1.165) is 17.7 Å². The van der Waals surface area contributed by atoms with Gasteiger partial charge < -0.3 is 10.5 Å². The first-order valence-electron chi connectivity index (χ1n) is 10.6. The van der Waals surface area contributed by atoms with E-state index in [-0.39, 0.29) is 12.6 Å². The van der Waals surface area contributed by atoms with Crippen LogP contribution in [0, 0.1) is 0 Å². The van der Waals surface area contributed by atoms with Gasteiger partial charge in [-0.3, -0.25) is 5.26 Å². The van der Waals surface area contributed by atoms with Crippen LogP contribution in [0.3, 0.4) is 0 Å². The molecule has 27 heavy (non-hydrogen) atoms. The molecule has 0 bridgehead atoms. The Kier molecular flexibility index (Phi) is 14.4. The Morgan fingerprint density at radius 3 is 1.89 bits per heavy atom. The highest BCUT2D eigenvalue weighted by atomic mass is 17.1. The fourth-order valence-corrected chi connectivity index (χ4v) is 3.02. The van der Waals surface area contributed by atoms with E-state index in [1.807, 2.05) is 24.3 Å². The van der Waals surface area contributed by atoms with E-state index in [9.17, 15) is 0 Å². The average molecular weight is 379 g/mol. The molecule has 0 aliphatic carbocycles. The molecule has 1 aromatic rings. The number of nitrogens with two attached hydrogens (primary N) is 1. The first kappa shape index (κ1) is 23.4. The molecule has 0 saturated heterocycles. The van der Waals surface area contributed by atoms with E-state index in [2.05, 4.69) is 16.8 Å². The van der Waals surface area contributed by atoms with Gasteiger partial charge in [-0.1, -0.05) is 89.7 Å². The molecule has 0 aliphatic heterocycles. The van der Waals surface area contributed by atoms with Crippen molar-refractivity contribution in [3.63, 3.8) is 0 Å². The second kappa shape index (κ2) is 16.6. The van der Waals surface area contributed by atoms with E-state index < -0.39 is 0 Å². The summed E-state index contributed by atoms with van der Waals surface area (Å²) in [5.41, 5.74) is 7.40. The molecule has 0 atom stereocenters. The average Bonchev–Trinajstić information content (AvgIpc) is 2.67. The number of unbranched alkanes of at least 4 members (excludes halogenated alkanes) is 11. The Hall–Kier alpha value is -1.59. The number of amidine groups is 1. The monoisotopic (exact) mass is 378 g/mol. The lowest BCUT2D eigenvalue weighted by molar-refractivity contribution is -0.253. The van der Waals surface area contributed by atoms with Crippen molar-refractivity contribution >= 4 is 11.7 Å². The summed E-state index contributed by atoms with van der Waals surface area (Å²) in [4.78, 5) is 8.32. The van der Waals surface area contributed by atoms with E-state index in [0.29, 0.717) is 6.61 Å². The zero-order valence-electron chi connectivity index (χ0n) is 17.0. The quantitative estimate of drug-likeness (QED) is 0.116. The Morgan fingerprint density at radius 1 is 0.852 bits per heavy atom. The topological polar surface area (TPSA) is 77.1 Å². The van der Waals surface area contributed by atoms with Gasteiger partial charge in [-0.2, -0.15) is 4.99 Å². The third-order valence-corrected chi connectivity index (χ3v) is 4.65. The lowest BCUT2D eigenvalue weighted by Gasteiger charge is -2.06. The van der Waals surface area contributed by atoms with Crippen molar-refractivity contribution in [3.05, 3.63) is 29.8 Å². The van der Waals surface area contributed by atoms with Gasteiger partial charge in [0.2, 0.25) is 0 Å². The van der Waals surface area contributed by atoms with Crippen LogP contribution in [0.25, 0.3) is 0 Å². The number of aliphatic imine (C=N–C) groups is 1. The summed E-state index contributed by atoms with van der Waals surface area (Å²) in [5.74, 6) is 0. The zero-order valence-corrected chi connectivity index (χ0v) is 17.0. The highest BCUT2D eigenvalue weighted by molar-refractivity contribution is 5.75. The molecule has 0 radical (unpaired) electrons. The Balaban J connectivity index is 1.96. The molecule has 154 valence electrons. The predicted molar refractivity (Wildman–Crippen MR) is 112 cm³/mol. The van der Waals surface area contributed by atoms with Gasteiger partial charge in [0.15, 0.2) is 0 Å². The Morgan fingerprint density at radius 2 is 1.37 bits per heavy atom. The summed E-state index contributed by atoms with van der Waals surface area (Å²) in [5, 5.41) is 8.42. The molecule has 3 N–H and O–H groups in total. The van der Waals surface area contributed by atoms with Crippen molar-refractivity contribution in [1.82, 2.24) is 0 Å². The summed E-state index contributed by atoms with van der Waals surface area (Å²) in [6, 6.07) is 7.48. The predicted octanol–water partition coefficient (Wildman–Crippen LogP) is 6.34. The second-order valence-electron chi connectivity index (χ2n) is 7.13. The number of ether oxygens (including phenoxy) is 1. The van der Waals surface area contributed by atoms with Crippen molar-refractivity contribution < 1.29 is 14.9 Å². The van der Waals surface area contributed by atoms with Crippen LogP contribution in [0.4, 0.5) is 5.69 Å². The summed E-state index contributed by atoms with van der Waals surface area (Å²) in [7, 11) is 0. The van der Waals surface area contributed by atoms with Gasteiger partial charge in [-0.05, 0) is 24.1 Å². The fraction of sp³-hybridized carbons (Fsp3) is 0.682. The number of hydrogen-bond donors (Lipinski definition) is 2. The minimum Gasteiger partial charge on any atom is -0.465 e. The van der Waals surface area contributed by atoms with Crippen molar-refractivity contribution in [2.75, 3.05) is 6.61 Å². The third-order valence-electron chi connectivity index (χ3n) is 4.65. The van der Waals surface area contributed by atoms with Crippen molar-refractivity contribution in [1.29, 1.82) is 0 Å². The first-order valence-corrected chi connectivity index (χ1v) is 10.6. The van der Waals surface area contributed by atoms with Gasteiger partial charge in [0, 0.05) is 0 Å². The van der Waals surface area contributed by atoms with Crippen molar-refractivity contribution in [3.8, 4) is 0 Å². The molecule has 0 fully saturated rings. The highest BCUT2D eigenvalue weighted by Crippen LogP contribution is 2.14. The van der Waals surface area contributed by atoms with E-state index in [4.69, 9.17) is 15.7 Å². The van der Waals surface area contributed by atoms with Crippen LogP contribution in [0.1, 0.15) is 89.5 Å². The fourth-order valence-electron chi connectivity index (χ4n) is 3.02. The van der Waals surface area contributed by atoms with Crippen LogP contribution in [-0.2, 0) is 16.2 Å². The van der Waals surface area contributed by atoms with Crippen LogP contribution < -0.4 is 5.73 Å². The molecule has 0 spiro atoms. The largest absolute Gasteiger partial charge is 0.465 e. The molecule has 0 aliphatic rings. The molecule has 0 aromatic heterocycles. The lowest BCUT2D eigenvalue weighted by Crippen LogP contribution is -2.16. The number of hydrogen-bond acceptors (Lipinski definition) is 4. The normalized spacial score (nSPS) is 11.7. The molecule has 0 heterocycles. The minimum absolute atomic E-state index is 0.162. The number of nitrogens with zero attached hydrogens (tertiary/aromatic N) is 1. The van der Waals surface area contributed by atoms with Gasteiger partial charge in [0.05, 0.1) is 12.3 Å². The van der Waals surface area contributed by atoms with Gasteiger partial charge >= 0.3 is 0 Å². The second-order valence-corrected chi connectivity index (χ2v) is 7.13. The molecule has 5 heteroatoms. The smallest absolute Gasteiger partial charge is 0.287 e. The molecule has 0 unspecified atom stereocenters. The first-order chi connectivity index (χ1) is 13.3. The minimum atomic E-state index is 0.162. The summed E-state index contributed by atoms with van der Waals surface area (Å²) in [6.45, 7) is 3.04. The SMILES string of the molecule is CCCCCCCCCCCCCCOC(N)=Nc1ccc(COO)cc1. The van der Waals surface area contributed by atoms with Crippen LogP contribution in [0.15, 0.2) is 29.3 Å². The molecular weight excluding hydrogens is 340 g/mol. The van der Waals surface area contributed by atoms with Gasteiger partial charge in [0.25, 0.3) is 6.02 Å². The summed E-state index contributed by atoms with van der Waals surface area (Å²) in [6.07, 6.45) is 15.9. The molecule has 1 rings (SSSR count). The Labute approximate surface area is 164 Å². The Bertz CT molecular complexity index is 489.